The fourth-order valence-electron chi connectivity index (χ4n) is 2.37. The van der Waals surface area contributed by atoms with E-state index in [1.54, 1.807) is 13.3 Å². The third-order valence-electron chi connectivity index (χ3n) is 3.82. The Hall–Kier alpha value is -3.15. The summed E-state index contributed by atoms with van der Waals surface area (Å²) in [5, 5.41) is 14.5. The van der Waals surface area contributed by atoms with Crippen molar-refractivity contribution in [2.24, 2.45) is 0 Å². The van der Waals surface area contributed by atoms with E-state index in [1.165, 1.54) is 5.56 Å². The first kappa shape index (κ1) is 16.7. The minimum atomic E-state index is 0.478. The molecule has 0 aliphatic heterocycles. The Balaban J connectivity index is 1.67. The molecule has 0 saturated carbocycles. The van der Waals surface area contributed by atoms with Gasteiger partial charge >= 0.3 is 0 Å². The van der Waals surface area contributed by atoms with Gasteiger partial charge in [0.05, 0.1) is 13.3 Å². The molecule has 3 rings (SSSR count). The van der Waals surface area contributed by atoms with E-state index in [1.807, 2.05) is 24.3 Å². The molecule has 3 aromatic rings. The first-order valence-electron chi connectivity index (χ1n) is 8.05. The topological polar surface area (TPSA) is 72.0 Å². The zero-order chi connectivity index (χ0) is 17.6. The number of aryl methyl sites for hydroxylation is 2. The lowest BCUT2D eigenvalue weighted by atomic mass is 10.1. The highest BCUT2D eigenvalue weighted by atomic mass is 16.5. The smallest absolute Gasteiger partial charge is 0.244 e. The molecule has 0 saturated heterocycles. The summed E-state index contributed by atoms with van der Waals surface area (Å²) in [7, 11) is 1.65. The van der Waals surface area contributed by atoms with Gasteiger partial charge in [-0.25, -0.2) is 0 Å². The molecule has 0 fully saturated rings. The maximum atomic E-state index is 5.16. The van der Waals surface area contributed by atoms with Crippen molar-refractivity contribution in [2.45, 2.75) is 20.4 Å². The molecule has 0 atom stereocenters. The van der Waals surface area contributed by atoms with Crippen LogP contribution < -0.4 is 15.4 Å². The van der Waals surface area contributed by atoms with Crippen molar-refractivity contribution in [1.29, 1.82) is 0 Å². The second-order valence-corrected chi connectivity index (χ2v) is 5.81. The second-order valence-electron chi connectivity index (χ2n) is 5.81. The summed E-state index contributed by atoms with van der Waals surface area (Å²) in [6.45, 7) is 4.72. The zero-order valence-corrected chi connectivity index (χ0v) is 14.6. The molecule has 0 aliphatic rings. The molecule has 1 aromatic heterocycles. The number of anilines is 3. The number of hydrogen-bond donors (Lipinski definition) is 2. The van der Waals surface area contributed by atoms with E-state index in [-0.39, 0.29) is 0 Å². The van der Waals surface area contributed by atoms with Crippen molar-refractivity contribution in [3.63, 3.8) is 0 Å². The van der Waals surface area contributed by atoms with Gasteiger partial charge in [0.15, 0.2) is 5.82 Å². The van der Waals surface area contributed by atoms with Crippen LogP contribution >= 0.6 is 0 Å². The lowest BCUT2D eigenvalue weighted by molar-refractivity contribution is 0.414. The van der Waals surface area contributed by atoms with E-state index in [4.69, 9.17) is 4.74 Å². The van der Waals surface area contributed by atoms with Crippen LogP contribution in [0.1, 0.15) is 16.7 Å². The van der Waals surface area contributed by atoms with Crippen molar-refractivity contribution in [3.8, 4) is 5.75 Å². The highest BCUT2D eigenvalue weighted by Crippen LogP contribution is 2.20. The molecule has 2 aromatic carbocycles. The van der Waals surface area contributed by atoms with Crippen LogP contribution in [0.5, 0.6) is 5.75 Å². The number of ether oxygens (including phenoxy) is 1. The van der Waals surface area contributed by atoms with Crippen LogP contribution in [-0.4, -0.2) is 22.3 Å². The van der Waals surface area contributed by atoms with Gasteiger partial charge in [0.25, 0.3) is 0 Å². The largest absolute Gasteiger partial charge is 0.497 e. The number of rotatable bonds is 6. The van der Waals surface area contributed by atoms with Gasteiger partial charge < -0.3 is 15.4 Å². The third-order valence-corrected chi connectivity index (χ3v) is 3.82. The first-order valence-corrected chi connectivity index (χ1v) is 8.05. The van der Waals surface area contributed by atoms with Gasteiger partial charge in [-0.2, -0.15) is 10.1 Å². The lowest BCUT2D eigenvalue weighted by Crippen LogP contribution is -2.06. The van der Waals surface area contributed by atoms with Crippen LogP contribution in [0.3, 0.4) is 0 Å². The zero-order valence-electron chi connectivity index (χ0n) is 14.6. The van der Waals surface area contributed by atoms with Gasteiger partial charge in [0.2, 0.25) is 5.95 Å². The van der Waals surface area contributed by atoms with Crippen LogP contribution in [0.15, 0.2) is 48.7 Å². The summed E-state index contributed by atoms with van der Waals surface area (Å²) in [4.78, 5) is 4.47. The summed E-state index contributed by atoms with van der Waals surface area (Å²) in [6, 6.07) is 14.1. The molecule has 1 heterocycles. The highest BCUT2D eigenvalue weighted by Gasteiger charge is 2.04. The Labute approximate surface area is 147 Å². The predicted octanol–water partition coefficient (Wildman–Crippen LogP) is 3.85. The van der Waals surface area contributed by atoms with Crippen molar-refractivity contribution in [2.75, 3.05) is 17.7 Å². The maximum absolute atomic E-state index is 5.16. The van der Waals surface area contributed by atoms with E-state index >= 15 is 0 Å². The molecule has 6 heteroatoms. The van der Waals surface area contributed by atoms with Crippen LogP contribution in [0, 0.1) is 13.8 Å². The molecule has 0 spiro atoms. The predicted molar refractivity (Wildman–Crippen MR) is 99.3 cm³/mol. The normalized spacial score (nSPS) is 10.4. The number of methoxy groups -OCH3 is 1. The van der Waals surface area contributed by atoms with Crippen molar-refractivity contribution >= 4 is 17.5 Å². The molecule has 128 valence electrons. The van der Waals surface area contributed by atoms with E-state index in [2.05, 4.69) is 57.9 Å². The van der Waals surface area contributed by atoms with Gasteiger partial charge in [-0.3, -0.25) is 0 Å². The van der Waals surface area contributed by atoms with Crippen LogP contribution in [0.4, 0.5) is 17.5 Å². The Kier molecular flexibility index (Phi) is 5.09. The minimum Gasteiger partial charge on any atom is -0.497 e. The lowest BCUT2D eigenvalue weighted by Gasteiger charge is -2.10. The van der Waals surface area contributed by atoms with Gasteiger partial charge in [-0.15, -0.1) is 5.10 Å². The standard InChI is InChI=1S/C19H21N5O/c1-13-4-5-14(2)17(10-13)22-18-12-21-24-19(23-18)20-11-15-6-8-16(25-3)9-7-15/h4-10,12H,11H2,1-3H3,(H2,20,22,23,24). The summed E-state index contributed by atoms with van der Waals surface area (Å²) >= 11 is 0. The average Bonchev–Trinajstić information content (AvgIpc) is 2.64. The Morgan fingerprint density at radius 3 is 2.60 bits per heavy atom. The molecule has 0 aliphatic carbocycles. The van der Waals surface area contributed by atoms with Gasteiger partial charge in [-0.1, -0.05) is 24.3 Å². The average molecular weight is 335 g/mol. The van der Waals surface area contributed by atoms with Crippen molar-refractivity contribution in [3.05, 3.63) is 65.4 Å². The SMILES string of the molecule is COc1ccc(CNc2nncc(Nc3cc(C)ccc3C)n2)cc1. The van der Waals surface area contributed by atoms with Crippen LogP contribution in [0.2, 0.25) is 0 Å². The summed E-state index contributed by atoms with van der Waals surface area (Å²) in [5.41, 5.74) is 4.46. The third kappa shape index (κ3) is 4.44. The number of nitrogens with one attached hydrogen (secondary N) is 2. The van der Waals surface area contributed by atoms with Gasteiger partial charge in [-0.05, 0) is 48.7 Å². The maximum Gasteiger partial charge on any atom is 0.244 e. The first-order chi connectivity index (χ1) is 12.1. The molecule has 0 radical (unpaired) electrons. The Morgan fingerprint density at radius 2 is 1.84 bits per heavy atom. The summed E-state index contributed by atoms with van der Waals surface area (Å²) in [5.74, 6) is 1.97. The monoisotopic (exact) mass is 335 g/mol. The number of hydrogen-bond acceptors (Lipinski definition) is 6. The van der Waals surface area contributed by atoms with Crippen LogP contribution in [0.25, 0.3) is 0 Å². The molecule has 0 unspecified atom stereocenters. The van der Waals surface area contributed by atoms with Crippen molar-refractivity contribution < 1.29 is 4.74 Å². The quantitative estimate of drug-likeness (QED) is 0.713. The van der Waals surface area contributed by atoms with E-state index in [0.717, 1.165) is 22.6 Å². The second kappa shape index (κ2) is 7.61. The molecular formula is C19H21N5O. The Bertz CT molecular complexity index is 849. The van der Waals surface area contributed by atoms with E-state index in [9.17, 15) is 0 Å². The fourth-order valence-corrected chi connectivity index (χ4v) is 2.37. The number of benzene rings is 2. The molecule has 2 N–H and O–H groups in total. The van der Waals surface area contributed by atoms with Gasteiger partial charge in [0, 0.05) is 12.2 Å². The van der Waals surface area contributed by atoms with Gasteiger partial charge in [0.1, 0.15) is 5.75 Å². The molecule has 25 heavy (non-hydrogen) atoms. The van der Waals surface area contributed by atoms with E-state index in [0.29, 0.717) is 18.3 Å². The van der Waals surface area contributed by atoms with Crippen LogP contribution in [-0.2, 0) is 6.54 Å². The minimum absolute atomic E-state index is 0.478. The summed E-state index contributed by atoms with van der Waals surface area (Å²) in [6.07, 6.45) is 1.61. The Morgan fingerprint density at radius 1 is 1.04 bits per heavy atom. The summed E-state index contributed by atoms with van der Waals surface area (Å²) < 4.78 is 5.16. The number of aromatic nitrogens is 3. The molecule has 6 nitrogen and oxygen atoms in total. The highest BCUT2D eigenvalue weighted by molar-refractivity contribution is 5.61. The molecule has 0 bridgehead atoms. The number of nitrogens with zero attached hydrogens (tertiary/aromatic N) is 3. The van der Waals surface area contributed by atoms with Crippen molar-refractivity contribution in [1.82, 2.24) is 15.2 Å². The fraction of sp³-hybridized carbons (Fsp3) is 0.211. The molecular weight excluding hydrogens is 314 g/mol. The molecule has 0 amide bonds. The van der Waals surface area contributed by atoms with E-state index < -0.39 is 0 Å².